The quantitative estimate of drug-likeness (QED) is 0.471. The first-order chi connectivity index (χ1) is 12.8. The van der Waals surface area contributed by atoms with Crippen LogP contribution in [0.5, 0.6) is 0 Å². The number of rotatable bonds is 7. The average molecular weight is 387 g/mol. The second-order valence-electron chi connectivity index (χ2n) is 5.81. The highest BCUT2D eigenvalue weighted by molar-refractivity contribution is 7.89. The smallest absolute Gasteiger partial charge is 0.270 e. The molecule has 10 heteroatoms. The van der Waals surface area contributed by atoms with Gasteiger partial charge < -0.3 is 5.32 Å². The van der Waals surface area contributed by atoms with Crippen LogP contribution in [0.1, 0.15) is 11.1 Å². The van der Waals surface area contributed by atoms with Gasteiger partial charge in [0.2, 0.25) is 10.0 Å². The topological polar surface area (TPSA) is 133 Å². The van der Waals surface area contributed by atoms with E-state index in [0.29, 0.717) is 13.1 Å². The Morgan fingerprint density at radius 1 is 1.15 bits per heavy atom. The van der Waals surface area contributed by atoms with Crippen molar-refractivity contribution >= 4 is 21.4 Å². The van der Waals surface area contributed by atoms with E-state index in [1.807, 2.05) is 36.5 Å². The summed E-state index contributed by atoms with van der Waals surface area (Å²) in [5.74, 6) is 0. The van der Waals surface area contributed by atoms with E-state index in [0.717, 1.165) is 17.2 Å². The van der Waals surface area contributed by atoms with Gasteiger partial charge in [0.1, 0.15) is 4.90 Å². The first-order valence-electron chi connectivity index (χ1n) is 7.94. The largest absolute Gasteiger partial charge is 0.380 e. The minimum atomic E-state index is -4.13. The SMILES string of the molecule is NS(=O)(=O)c1cc([N+](=O)[O-])ccc1NCc1ccccc1Cn1cccn1. The van der Waals surface area contributed by atoms with E-state index >= 15 is 0 Å². The van der Waals surface area contributed by atoms with Crippen LogP contribution in [0.15, 0.2) is 65.8 Å². The molecule has 3 aromatic rings. The van der Waals surface area contributed by atoms with Crippen LogP contribution in [0.2, 0.25) is 0 Å². The van der Waals surface area contributed by atoms with Crippen LogP contribution in [0.4, 0.5) is 11.4 Å². The third-order valence-corrected chi connectivity index (χ3v) is 4.91. The van der Waals surface area contributed by atoms with Crippen LogP contribution in [-0.2, 0) is 23.1 Å². The summed E-state index contributed by atoms with van der Waals surface area (Å²) in [6.45, 7) is 0.880. The molecule has 0 radical (unpaired) electrons. The van der Waals surface area contributed by atoms with Gasteiger partial charge in [-0.2, -0.15) is 5.10 Å². The molecule has 0 spiro atoms. The fraction of sp³-hybridized carbons (Fsp3) is 0.118. The van der Waals surface area contributed by atoms with Gasteiger partial charge >= 0.3 is 0 Å². The van der Waals surface area contributed by atoms with Crippen molar-refractivity contribution in [3.05, 3.63) is 82.2 Å². The summed E-state index contributed by atoms with van der Waals surface area (Å²) in [6.07, 6.45) is 3.54. The van der Waals surface area contributed by atoms with Gasteiger partial charge in [0.05, 0.1) is 17.2 Å². The van der Waals surface area contributed by atoms with Crippen molar-refractivity contribution in [1.82, 2.24) is 9.78 Å². The average Bonchev–Trinajstić information content (AvgIpc) is 3.13. The zero-order chi connectivity index (χ0) is 19.4. The summed E-state index contributed by atoms with van der Waals surface area (Å²) in [4.78, 5) is 9.92. The van der Waals surface area contributed by atoms with Crippen molar-refractivity contribution in [3.8, 4) is 0 Å². The number of aromatic nitrogens is 2. The third kappa shape index (κ3) is 4.49. The number of benzene rings is 2. The Morgan fingerprint density at radius 3 is 2.52 bits per heavy atom. The number of primary sulfonamides is 1. The molecule has 9 nitrogen and oxygen atoms in total. The number of nitro groups is 1. The first-order valence-corrected chi connectivity index (χ1v) is 9.48. The van der Waals surface area contributed by atoms with Crippen LogP contribution >= 0.6 is 0 Å². The molecule has 0 amide bonds. The molecule has 3 rings (SSSR count). The van der Waals surface area contributed by atoms with E-state index in [4.69, 9.17) is 5.14 Å². The molecule has 0 unspecified atom stereocenters. The zero-order valence-electron chi connectivity index (χ0n) is 14.1. The highest BCUT2D eigenvalue weighted by Crippen LogP contribution is 2.26. The van der Waals surface area contributed by atoms with Gasteiger partial charge in [-0.15, -0.1) is 0 Å². The molecule has 0 saturated carbocycles. The number of nitrogens with two attached hydrogens (primary N) is 1. The van der Waals surface area contributed by atoms with Crippen LogP contribution in [0.25, 0.3) is 0 Å². The molecule has 1 aromatic heterocycles. The number of nitro benzene ring substituents is 1. The fourth-order valence-electron chi connectivity index (χ4n) is 2.65. The summed E-state index contributed by atoms with van der Waals surface area (Å²) < 4.78 is 25.4. The Hall–Kier alpha value is -3.24. The molecule has 0 saturated heterocycles. The number of anilines is 1. The standard InChI is InChI=1S/C17H17N5O4S/c18-27(25,26)17-10-15(22(23)24)6-7-16(17)19-11-13-4-1-2-5-14(13)12-21-9-3-8-20-21/h1-10,19H,11-12H2,(H2,18,25,26). The van der Waals surface area contributed by atoms with Crippen LogP contribution < -0.4 is 10.5 Å². The number of hydrogen-bond donors (Lipinski definition) is 2. The maximum atomic E-state index is 11.8. The number of non-ortho nitro benzene ring substituents is 1. The minimum Gasteiger partial charge on any atom is -0.380 e. The second kappa shape index (κ2) is 7.56. The number of sulfonamides is 1. The highest BCUT2D eigenvalue weighted by atomic mass is 32.2. The predicted octanol–water partition coefficient (Wildman–Crippen LogP) is 2.10. The van der Waals surface area contributed by atoms with E-state index in [1.165, 1.54) is 12.1 Å². The van der Waals surface area contributed by atoms with Crippen molar-refractivity contribution in [2.75, 3.05) is 5.32 Å². The molecule has 0 aliphatic heterocycles. The summed E-state index contributed by atoms with van der Waals surface area (Å²) in [5, 5.41) is 23.3. The van der Waals surface area contributed by atoms with Gasteiger partial charge in [0.15, 0.2) is 0 Å². The summed E-state index contributed by atoms with van der Waals surface area (Å²) >= 11 is 0. The lowest BCUT2D eigenvalue weighted by atomic mass is 10.1. The molecule has 0 fully saturated rings. The van der Waals surface area contributed by atoms with Crippen molar-refractivity contribution in [2.45, 2.75) is 18.0 Å². The van der Waals surface area contributed by atoms with E-state index in [2.05, 4.69) is 10.4 Å². The molecule has 0 aliphatic rings. The summed E-state index contributed by atoms with van der Waals surface area (Å²) in [5.41, 5.74) is 1.81. The van der Waals surface area contributed by atoms with E-state index in [-0.39, 0.29) is 16.3 Å². The summed E-state index contributed by atoms with van der Waals surface area (Å²) in [7, 11) is -4.13. The lowest BCUT2D eigenvalue weighted by Gasteiger charge is -2.14. The van der Waals surface area contributed by atoms with Crippen molar-refractivity contribution < 1.29 is 13.3 Å². The Bertz CT molecular complexity index is 1060. The second-order valence-corrected chi connectivity index (χ2v) is 7.34. The van der Waals surface area contributed by atoms with Crippen molar-refractivity contribution in [1.29, 1.82) is 0 Å². The Balaban J connectivity index is 1.86. The number of hydrogen-bond acceptors (Lipinski definition) is 6. The molecule has 2 aromatic carbocycles. The normalized spacial score (nSPS) is 11.3. The number of nitrogens with zero attached hydrogens (tertiary/aromatic N) is 3. The predicted molar refractivity (Wildman–Crippen MR) is 99.6 cm³/mol. The van der Waals surface area contributed by atoms with E-state index in [9.17, 15) is 18.5 Å². The van der Waals surface area contributed by atoms with Crippen LogP contribution in [-0.4, -0.2) is 23.1 Å². The molecule has 0 bridgehead atoms. The van der Waals surface area contributed by atoms with Crippen LogP contribution in [0.3, 0.4) is 0 Å². The van der Waals surface area contributed by atoms with Gasteiger partial charge in [0.25, 0.3) is 5.69 Å². The summed E-state index contributed by atoms with van der Waals surface area (Å²) in [6, 6.07) is 13.0. The van der Waals surface area contributed by atoms with Crippen LogP contribution in [0, 0.1) is 10.1 Å². The van der Waals surface area contributed by atoms with Gasteiger partial charge in [-0.1, -0.05) is 24.3 Å². The molecule has 0 aliphatic carbocycles. The Kier molecular flexibility index (Phi) is 5.19. The monoisotopic (exact) mass is 387 g/mol. The van der Waals surface area contributed by atoms with Crippen molar-refractivity contribution in [2.24, 2.45) is 5.14 Å². The minimum absolute atomic E-state index is 0.206. The fourth-order valence-corrected chi connectivity index (χ4v) is 3.38. The van der Waals surface area contributed by atoms with Gasteiger partial charge in [-0.3, -0.25) is 14.8 Å². The lowest BCUT2D eigenvalue weighted by Crippen LogP contribution is -2.16. The van der Waals surface area contributed by atoms with Gasteiger partial charge in [0, 0.05) is 31.1 Å². The highest BCUT2D eigenvalue weighted by Gasteiger charge is 2.19. The zero-order valence-corrected chi connectivity index (χ0v) is 15.0. The molecular weight excluding hydrogens is 370 g/mol. The van der Waals surface area contributed by atoms with Gasteiger partial charge in [-0.25, -0.2) is 13.6 Å². The van der Waals surface area contributed by atoms with Crippen molar-refractivity contribution in [3.63, 3.8) is 0 Å². The molecule has 0 atom stereocenters. The maximum absolute atomic E-state index is 11.8. The Labute approximate surface area is 155 Å². The Morgan fingerprint density at radius 2 is 1.89 bits per heavy atom. The van der Waals surface area contributed by atoms with E-state index < -0.39 is 14.9 Å². The molecule has 1 heterocycles. The molecule has 27 heavy (non-hydrogen) atoms. The van der Waals surface area contributed by atoms with Gasteiger partial charge in [-0.05, 0) is 23.3 Å². The maximum Gasteiger partial charge on any atom is 0.270 e. The molecule has 140 valence electrons. The molecule has 3 N–H and O–H groups in total. The third-order valence-electron chi connectivity index (χ3n) is 3.96. The number of nitrogens with one attached hydrogen (secondary N) is 1. The lowest BCUT2D eigenvalue weighted by molar-refractivity contribution is -0.385. The van der Waals surface area contributed by atoms with E-state index in [1.54, 1.807) is 10.9 Å². The first kappa shape index (κ1) is 18.5. The molecular formula is C17H17N5O4S.